The Bertz CT molecular complexity index is 456. The van der Waals surface area contributed by atoms with Crippen molar-refractivity contribution in [1.82, 2.24) is 5.32 Å². The summed E-state index contributed by atoms with van der Waals surface area (Å²) in [5, 5.41) is 13.1. The van der Waals surface area contributed by atoms with Crippen molar-refractivity contribution in [1.29, 1.82) is 0 Å². The molecule has 2 N–H and O–H groups in total. The molecule has 0 aromatic heterocycles. The lowest BCUT2D eigenvalue weighted by molar-refractivity contribution is 0.0159. The number of nitrogens with one attached hydrogen (secondary N) is 1. The molecule has 1 aromatic carbocycles. The predicted molar refractivity (Wildman–Crippen MR) is 82.4 cm³/mol. The number of ether oxygens (including phenoxy) is 1. The van der Waals surface area contributed by atoms with Gasteiger partial charge in [-0.25, -0.2) is 0 Å². The maximum atomic E-state index is 9.96. The lowest BCUT2D eigenvalue weighted by Gasteiger charge is -2.30. The number of hydrogen-bond acceptors (Lipinski definition) is 3. The van der Waals surface area contributed by atoms with Crippen LogP contribution >= 0.6 is 0 Å². The molecule has 0 radical (unpaired) electrons. The largest absolute Gasteiger partial charge is 0.487 e. The monoisotopic (exact) mass is 277 g/mol. The van der Waals surface area contributed by atoms with Crippen molar-refractivity contribution in [3.63, 3.8) is 0 Å². The molecule has 3 heteroatoms. The summed E-state index contributed by atoms with van der Waals surface area (Å²) in [6.07, 6.45) is 1.44. The molecule has 1 fully saturated rings. The van der Waals surface area contributed by atoms with Gasteiger partial charge < -0.3 is 15.2 Å². The van der Waals surface area contributed by atoms with Crippen LogP contribution in [0.25, 0.3) is 0 Å². The van der Waals surface area contributed by atoms with E-state index in [1.165, 1.54) is 5.56 Å². The average molecular weight is 277 g/mol. The van der Waals surface area contributed by atoms with Gasteiger partial charge in [-0.2, -0.15) is 0 Å². The molecule has 2 rings (SSSR count). The Morgan fingerprint density at radius 1 is 1.40 bits per heavy atom. The Hall–Kier alpha value is -1.06. The number of aryl methyl sites for hydroxylation is 1. The van der Waals surface area contributed by atoms with Crippen LogP contribution in [0.15, 0.2) is 18.2 Å². The summed E-state index contributed by atoms with van der Waals surface area (Å²) >= 11 is 0. The molecule has 0 saturated carbocycles. The number of hydrogen-bond donors (Lipinski definition) is 2. The van der Waals surface area contributed by atoms with Crippen LogP contribution in [-0.2, 0) is 5.41 Å². The van der Waals surface area contributed by atoms with Crippen LogP contribution in [0.3, 0.4) is 0 Å². The maximum Gasteiger partial charge on any atom is 0.127 e. The van der Waals surface area contributed by atoms with E-state index in [-0.39, 0.29) is 11.5 Å². The minimum Gasteiger partial charge on any atom is -0.487 e. The van der Waals surface area contributed by atoms with E-state index in [9.17, 15) is 5.11 Å². The first-order valence-electron chi connectivity index (χ1n) is 7.60. The van der Waals surface area contributed by atoms with Gasteiger partial charge in [0.05, 0.1) is 0 Å². The van der Waals surface area contributed by atoms with Crippen LogP contribution in [0.1, 0.15) is 44.7 Å². The highest BCUT2D eigenvalue weighted by molar-refractivity contribution is 5.39. The molecule has 0 bridgehead atoms. The summed E-state index contributed by atoms with van der Waals surface area (Å²) in [6.45, 7) is 10.3. The molecule has 0 amide bonds. The van der Waals surface area contributed by atoms with Gasteiger partial charge in [0.2, 0.25) is 0 Å². The lowest BCUT2D eigenvalue weighted by atomic mass is 9.81. The van der Waals surface area contributed by atoms with Crippen LogP contribution in [-0.4, -0.2) is 30.4 Å². The first-order valence-corrected chi connectivity index (χ1v) is 7.60. The fraction of sp³-hybridized carbons (Fsp3) is 0.647. The molecule has 1 heterocycles. The van der Waals surface area contributed by atoms with Crippen LogP contribution < -0.4 is 10.1 Å². The highest BCUT2D eigenvalue weighted by atomic mass is 16.5. The highest BCUT2D eigenvalue weighted by Crippen LogP contribution is 2.31. The van der Waals surface area contributed by atoms with Crippen molar-refractivity contribution < 1.29 is 9.84 Å². The first-order chi connectivity index (χ1) is 9.44. The molecule has 2 unspecified atom stereocenters. The molecule has 1 aliphatic rings. The van der Waals surface area contributed by atoms with E-state index < -0.39 is 6.10 Å². The van der Waals surface area contributed by atoms with Gasteiger partial charge in [-0.1, -0.05) is 32.9 Å². The number of aliphatic hydroxyl groups is 1. The Kier molecular flexibility index (Phi) is 4.71. The van der Waals surface area contributed by atoms with Crippen molar-refractivity contribution in [2.75, 3.05) is 13.1 Å². The smallest absolute Gasteiger partial charge is 0.127 e. The minimum absolute atomic E-state index is 0.0972. The third-order valence-corrected chi connectivity index (χ3v) is 4.51. The third-order valence-electron chi connectivity index (χ3n) is 4.51. The predicted octanol–water partition coefficient (Wildman–Crippen LogP) is 2.78. The summed E-state index contributed by atoms with van der Waals surface area (Å²) < 4.78 is 6.01. The summed E-state index contributed by atoms with van der Waals surface area (Å²) in [4.78, 5) is 0. The second-order valence-electron chi connectivity index (χ2n) is 6.43. The Labute approximate surface area is 122 Å². The quantitative estimate of drug-likeness (QED) is 0.889. The van der Waals surface area contributed by atoms with Crippen LogP contribution in [0.2, 0.25) is 0 Å². The number of β-amino-alcohol motifs (C(OH)–C–C–N with tert-alkyl or cyclic N) is 1. The topological polar surface area (TPSA) is 41.5 Å². The van der Waals surface area contributed by atoms with E-state index in [0.717, 1.165) is 30.7 Å². The van der Waals surface area contributed by atoms with Gasteiger partial charge in [0, 0.05) is 6.54 Å². The third kappa shape index (κ3) is 3.33. The number of aliphatic hydroxyl groups excluding tert-OH is 1. The summed E-state index contributed by atoms with van der Waals surface area (Å²) in [5.74, 6) is 0.895. The van der Waals surface area contributed by atoms with Crippen LogP contribution in [0.5, 0.6) is 5.75 Å². The van der Waals surface area contributed by atoms with Crippen LogP contribution in [0, 0.1) is 6.92 Å². The lowest BCUT2D eigenvalue weighted by Crippen LogP contribution is -2.46. The SMILES string of the molecule is CCC(C)(C)c1ccc(OC2CCNCC2O)c(C)c1. The zero-order valence-corrected chi connectivity index (χ0v) is 13.1. The van der Waals surface area contributed by atoms with E-state index in [1.807, 2.05) is 0 Å². The second-order valence-corrected chi connectivity index (χ2v) is 6.43. The van der Waals surface area contributed by atoms with E-state index >= 15 is 0 Å². The summed E-state index contributed by atoms with van der Waals surface area (Å²) in [7, 11) is 0. The fourth-order valence-electron chi connectivity index (χ4n) is 2.53. The normalized spacial score (nSPS) is 23.6. The molecule has 1 saturated heterocycles. The van der Waals surface area contributed by atoms with Crippen molar-refractivity contribution in [3.8, 4) is 5.75 Å². The van der Waals surface area contributed by atoms with Gasteiger partial charge in [0.1, 0.15) is 18.0 Å². The second kappa shape index (κ2) is 6.15. The van der Waals surface area contributed by atoms with E-state index in [1.54, 1.807) is 0 Å². The first kappa shape index (κ1) is 15.3. The Balaban J connectivity index is 2.13. The fourth-order valence-corrected chi connectivity index (χ4v) is 2.53. The molecule has 3 nitrogen and oxygen atoms in total. The van der Waals surface area contributed by atoms with Crippen molar-refractivity contribution in [2.24, 2.45) is 0 Å². The molecule has 0 spiro atoms. The van der Waals surface area contributed by atoms with Crippen molar-refractivity contribution in [3.05, 3.63) is 29.3 Å². The average Bonchev–Trinajstić information content (AvgIpc) is 2.43. The van der Waals surface area contributed by atoms with Gasteiger partial charge in [-0.05, 0) is 48.9 Å². The van der Waals surface area contributed by atoms with Gasteiger partial charge in [0.15, 0.2) is 0 Å². The molecular weight excluding hydrogens is 250 g/mol. The molecule has 112 valence electrons. The molecule has 0 aliphatic carbocycles. The Morgan fingerprint density at radius 3 is 2.75 bits per heavy atom. The maximum absolute atomic E-state index is 9.96. The molecular formula is C17H27NO2. The number of piperidine rings is 1. The minimum atomic E-state index is -0.421. The van der Waals surface area contributed by atoms with Crippen molar-refractivity contribution >= 4 is 0 Å². The van der Waals surface area contributed by atoms with E-state index in [4.69, 9.17) is 4.74 Å². The molecule has 1 aliphatic heterocycles. The van der Waals surface area contributed by atoms with E-state index in [2.05, 4.69) is 51.2 Å². The highest BCUT2D eigenvalue weighted by Gasteiger charge is 2.25. The van der Waals surface area contributed by atoms with Gasteiger partial charge in [-0.3, -0.25) is 0 Å². The number of rotatable bonds is 4. The Morgan fingerprint density at radius 2 is 2.15 bits per heavy atom. The number of benzene rings is 1. The van der Waals surface area contributed by atoms with Gasteiger partial charge in [0.25, 0.3) is 0 Å². The molecule has 20 heavy (non-hydrogen) atoms. The molecule has 1 aromatic rings. The zero-order valence-electron chi connectivity index (χ0n) is 13.1. The van der Waals surface area contributed by atoms with Crippen LogP contribution in [0.4, 0.5) is 0 Å². The standard InChI is InChI=1S/C17H27NO2/c1-5-17(3,4)13-6-7-15(12(2)10-13)20-16-8-9-18-11-14(16)19/h6-7,10,14,16,18-19H,5,8-9,11H2,1-4H3. The summed E-state index contributed by atoms with van der Waals surface area (Å²) in [5.41, 5.74) is 2.68. The van der Waals surface area contributed by atoms with Gasteiger partial charge in [-0.15, -0.1) is 0 Å². The molecule has 2 atom stereocenters. The zero-order chi connectivity index (χ0) is 14.8. The van der Waals surface area contributed by atoms with Crippen molar-refractivity contribution in [2.45, 2.75) is 58.2 Å². The summed E-state index contributed by atoms with van der Waals surface area (Å²) in [6, 6.07) is 6.42. The van der Waals surface area contributed by atoms with E-state index in [0.29, 0.717) is 6.54 Å². The van der Waals surface area contributed by atoms with Gasteiger partial charge >= 0.3 is 0 Å².